The Morgan fingerprint density at radius 1 is 1.28 bits per heavy atom. The van der Waals surface area contributed by atoms with E-state index in [1.165, 1.54) is 16.7 Å². The largest absolute Gasteiger partial charge is 0.496 e. The van der Waals surface area contributed by atoms with Crippen LogP contribution in [0, 0.1) is 0 Å². The van der Waals surface area contributed by atoms with E-state index >= 15 is 0 Å². The lowest BCUT2D eigenvalue weighted by Crippen LogP contribution is -2.43. The van der Waals surface area contributed by atoms with Crippen LogP contribution in [0.2, 0.25) is 0 Å². The van der Waals surface area contributed by atoms with Crippen LogP contribution in [0.4, 0.5) is 0 Å². The molecule has 3 rings (SSSR count). The van der Waals surface area contributed by atoms with Gasteiger partial charge in [0.25, 0.3) is 0 Å². The second-order valence-corrected chi connectivity index (χ2v) is 4.90. The molecule has 1 fully saturated rings. The van der Waals surface area contributed by atoms with Crippen molar-refractivity contribution in [1.29, 1.82) is 0 Å². The van der Waals surface area contributed by atoms with Crippen LogP contribution in [-0.2, 0) is 24.5 Å². The minimum absolute atomic E-state index is 0.730. The van der Waals surface area contributed by atoms with Crippen LogP contribution in [-0.4, -0.2) is 38.2 Å². The SMILES string of the molecule is COc1ccc2c(c1CN1CCNCC1)COC2. The first kappa shape index (κ1) is 12.0. The van der Waals surface area contributed by atoms with Crippen molar-refractivity contribution in [2.75, 3.05) is 33.3 Å². The normalized spacial score (nSPS) is 19.8. The van der Waals surface area contributed by atoms with Crippen LogP contribution < -0.4 is 10.1 Å². The number of hydrogen-bond donors (Lipinski definition) is 1. The van der Waals surface area contributed by atoms with Crippen LogP contribution in [0.5, 0.6) is 5.75 Å². The molecule has 98 valence electrons. The highest BCUT2D eigenvalue weighted by Crippen LogP contribution is 2.31. The summed E-state index contributed by atoms with van der Waals surface area (Å²) in [5, 5.41) is 3.38. The summed E-state index contributed by atoms with van der Waals surface area (Å²) < 4.78 is 11.1. The third-order valence-corrected chi connectivity index (χ3v) is 3.80. The molecule has 0 amide bonds. The Labute approximate surface area is 108 Å². The molecule has 18 heavy (non-hydrogen) atoms. The topological polar surface area (TPSA) is 33.7 Å². The number of hydrogen-bond acceptors (Lipinski definition) is 4. The Hall–Kier alpha value is -1.10. The molecule has 0 atom stereocenters. The number of nitrogens with zero attached hydrogens (tertiary/aromatic N) is 1. The Morgan fingerprint density at radius 3 is 2.89 bits per heavy atom. The summed E-state index contributed by atoms with van der Waals surface area (Å²) in [5.74, 6) is 0.998. The number of piperazine rings is 1. The van der Waals surface area contributed by atoms with Crippen molar-refractivity contribution < 1.29 is 9.47 Å². The van der Waals surface area contributed by atoms with Crippen LogP contribution in [0.1, 0.15) is 16.7 Å². The van der Waals surface area contributed by atoms with Gasteiger partial charge < -0.3 is 14.8 Å². The van der Waals surface area contributed by atoms with Gasteiger partial charge >= 0.3 is 0 Å². The average Bonchev–Trinajstić information content (AvgIpc) is 2.89. The van der Waals surface area contributed by atoms with Crippen LogP contribution in [0.25, 0.3) is 0 Å². The van der Waals surface area contributed by atoms with E-state index in [-0.39, 0.29) is 0 Å². The first-order valence-corrected chi connectivity index (χ1v) is 6.57. The molecule has 2 aliphatic rings. The summed E-state index contributed by atoms with van der Waals surface area (Å²) in [6.45, 7) is 6.81. The number of methoxy groups -OCH3 is 1. The maximum atomic E-state index is 5.56. The van der Waals surface area contributed by atoms with Crippen LogP contribution in [0.15, 0.2) is 12.1 Å². The smallest absolute Gasteiger partial charge is 0.123 e. The first-order valence-electron chi connectivity index (χ1n) is 6.57. The highest BCUT2D eigenvalue weighted by atomic mass is 16.5. The second kappa shape index (κ2) is 5.26. The lowest BCUT2D eigenvalue weighted by molar-refractivity contribution is 0.133. The minimum atomic E-state index is 0.730. The lowest BCUT2D eigenvalue weighted by Gasteiger charge is -2.28. The Balaban J connectivity index is 1.86. The van der Waals surface area contributed by atoms with Crippen LogP contribution >= 0.6 is 0 Å². The van der Waals surface area contributed by atoms with Gasteiger partial charge in [-0.1, -0.05) is 6.07 Å². The van der Waals surface area contributed by atoms with Gasteiger partial charge in [0, 0.05) is 38.3 Å². The summed E-state index contributed by atoms with van der Waals surface area (Å²) in [6, 6.07) is 4.20. The molecule has 1 aromatic carbocycles. The molecule has 2 heterocycles. The molecule has 1 N–H and O–H groups in total. The van der Waals surface area contributed by atoms with E-state index in [4.69, 9.17) is 9.47 Å². The maximum Gasteiger partial charge on any atom is 0.123 e. The standard InChI is InChI=1S/C14H20N2O2/c1-17-14-3-2-11-9-18-10-13(11)12(14)8-16-6-4-15-5-7-16/h2-3,15H,4-10H2,1H3. The van der Waals surface area contributed by atoms with Gasteiger partial charge in [-0.2, -0.15) is 0 Å². The van der Waals surface area contributed by atoms with Crippen molar-refractivity contribution in [2.45, 2.75) is 19.8 Å². The number of rotatable bonds is 3. The molecule has 0 bridgehead atoms. The van der Waals surface area contributed by atoms with Gasteiger partial charge in [0.1, 0.15) is 5.75 Å². The highest BCUT2D eigenvalue weighted by Gasteiger charge is 2.21. The molecule has 2 aliphatic heterocycles. The average molecular weight is 248 g/mol. The van der Waals surface area contributed by atoms with Crippen LogP contribution in [0.3, 0.4) is 0 Å². The van der Waals surface area contributed by atoms with E-state index in [1.807, 2.05) is 0 Å². The minimum Gasteiger partial charge on any atom is -0.496 e. The van der Waals surface area contributed by atoms with Gasteiger partial charge in [-0.3, -0.25) is 4.90 Å². The third kappa shape index (κ3) is 2.23. The number of ether oxygens (including phenoxy) is 2. The van der Waals surface area contributed by atoms with E-state index in [0.717, 1.165) is 51.7 Å². The summed E-state index contributed by atoms with van der Waals surface area (Å²) in [5.41, 5.74) is 3.98. The molecule has 4 nitrogen and oxygen atoms in total. The Kier molecular flexibility index (Phi) is 3.50. The number of nitrogens with one attached hydrogen (secondary N) is 1. The van der Waals surface area contributed by atoms with Crippen molar-refractivity contribution in [3.8, 4) is 5.75 Å². The van der Waals surface area contributed by atoms with Crippen molar-refractivity contribution in [3.63, 3.8) is 0 Å². The second-order valence-electron chi connectivity index (χ2n) is 4.90. The van der Waals surface area contributed by atoms with E-state index < -0.39 is 0 Å². The Bertz CT molecular complexity index is 428. The first-order chi connectivity index (χ1) is 8.88. The molecule has 0 aromatic heterocycles. The third-order valence-electron chi connectivity index (χ3n) is 3.80. The summed E-state index contributed by atoms with van der Waals surface area (Å²) >= 11 is 0. The zero-order chi connectivity index (χ0) is 12.4. The molecular weight excluding hydrogens is 228 g/mol. The zero-order valence-corrected chi connectivity index (χ0v) is 10.9. The molecule has 0 spiro atoms. The predicted octanol–water partition coefficient (Wildman–Crippen LogP) is 1.13. The molecule has 0 aliphatic carbocycles. The monoisotopic (exact) mass is 248 g/mol. The molecule has 1 aromatic rings. The van der Waals surface area contributed by atoms with Crippen molar-refractivity contribution in [3.05, 3.63) is 28.8 Å². The summed E-state index contributed by atoms with van der Waals surface area (Å²) in [7, 11) is 1.75. The van der Waals surface area contributed by atoms with Gasteiger partial charge in [-0.05, 0) is 17.2 Å². The van der Waals surface area contributed by atoms with E-state index in [0.29, 0.717) is 0 Å². The van der Waals surface area contributed by atoms with Crippen molar-refractivity contribution in [2.24, 2.45) is 0 Å². The summed E-state index contributed by atoms with van der Waals surface area (Å²) in [6.07, 6.45) is 0. The molecule has 0 unspecified atom stereocenters. The number of benzene rings is 1. The van der Waals surface area contributed by atoms with Gasteiger partial charge in [0.05, 0.1) is 20.3 Å². The molecule has 4 heteroatoms. The van der Waals surface area contributed by atoms with E-state index in [1.54, 1.807) is 7.11 Å². The van der Waals surface area contributed by atoms with Crippen molar-refractivity contribution >= 4 is 0 Å². The molecule has 1 saturated heterocycles. The maximum absolute atomic E-state index is 5.56. The summed E-state index contributed by atoms with van der Waals surface area (Å²) in [4.78, 5) is 2.48. The number of fused-ring (bicyclic) bond motifs is 1. The van der Waals surface area contributed by atoms with E-state index in [2.05, 4.69) is 22.3 Å². The molecule has 0 radical (unpaired) electrons. The fraction of sp³-hybridized carbons (Fsp3) is 0.571. The van der Waals surface area contributed by atoms with Crippen molar-refractivity contribution in [1.82, 2.24) is 10.2 Å². The highest BCUT2D eigenvalue weighted by molar-refractivity contribution is 5.46. The molecular formula is C14H20N2O2. The zero-order valence-electron chi connectivity index (χ0n) is 10.9. The van der Waals surface area contributed by atoms with E-state index in [9.17, 15) is 0 Å². The van der Waals surface area contributed by atoms with Gasteiger partial charge in [0.15, 0.2) is 0 Å². The fourth-order valence-electron chi connectivity index (χ4n) is 2.76. The molecule has 0 saturated carbocycles. The predicted molar refractivity (Wildman–Crippen MR) is 69.6 cm³/mol. The quantitative estimate of drug-likeness (QED) is 0.869. The van der Waals surface area contributed by atoms with Gasteiger partial charge in [0.2, 0.25) is 0 Å². The Morgan fingerprint density at radius 2 is 2.11 bits per heavy atom. The van der Waals surface area contributed by atoms with Gasteiger partial charge in [-0.25, -0.2) is 0 Å². The fourth-order valence-corrected chi connectivity index (χ4v) is 2.76. The van der Waals surface area contributed by atoms with Gasteiger partial charge in [-0.15, -0.1) is 0 Å². The lowest BCUT2D eigenvalue weighted by atomic mass is 10.0.